The molecule has 0 saturated carbocycles. The lowest BCUT2D eigenvalue weighted by atomic mass is 10.1. The highest BCUT2D eigenvalue weighted by Crippen LogP contribution is 2.30. The Morgan fingerprint density at radius 3 is 3.00 bits per heavy atom. The van der Waals surface area contributed by atoms with Gasteiger partial charge >= 0.3 is 0 Å². The van der Waals surface area contributed by atoms with Gasteiger partial charge in [0.05, 0.1) is 0 Å². The molecule has 0 radical (unpaired) electrons. The van der Waals surface area contributed by atoms with Gasteiger partial charge in [0.2, 0.25) is 0 Å². The maximum Gasteiger partial charge on any atom is 0.126 e. The Labute approximate surface area is 71.4 Å². The molecule has 1 aliphatic rings. The summed E-state index contributed by atoms with van der Waals surface area (Å²) >= 11 is 0. The van der Waals surface area contributed by atoms with E-state index in [0.717, 1.165) is 24.0 Å². The van der Waals surface area contributed by atoms with E-state index in [0.29, 0.717) is 0 Å². The number of hydrogen-bond donors (Lipinski definition) is 1. The molecule has 0 aromatic heterocycles. The Bertz CT molecular complexity index is 320. The molecule has 2 rings (SSSR count). The summed E-state index contributed by atoms with van der Waals surface area (Å²) in [6, 6.07) is 3.55. The Kier molecular flexibility index (Phi) is 1.65. The van der Waals surface area contributed by atoms with Crippen molar-refractivity contribution in [2.45, 2.75) is 25.8 Å². The van der Waals surface area contributed by atoms with Crippen LogP contribution in [0.5, 0.6) is 0 Å². The van der Waals surface area contributed by atoms with Crippen LogP contribution in [0.15, 0.2) is 12.1 Å². The number of benzene rings is 1. The summed E-state index contributed by atoms with van der Waals surface area (Å²) in [4.78, 5) is 0. The molecule has 12 heavy (non-hydrogen) atoms. The van der Waals surface area contributed by atoms with Crippen LogP contribution in [0.1, 0.15) is 29.2 Å². The van der Waals surface area contributed by atoms with Gasteiger partial charge in [0.15, 0.2) is 0 Å². The molecule has 64 valence electrons. The molecule has 0 bridgehead atoms. The first-order chi connectivity index (χ1) is 5.68. The number of nitrogens with two attached hydrogens (primary N) is 1. The summed E-state index contributed by atoms with van der Waals surface area (Å²) in [7, 11) is 0. The maximum atomic E-state index is 13.1. The van der Waals surface area contributed by atoms with Gasteiger partial charge in [0, 0.05) is 6.04 Å². The average Bonchev–Trinajstić information content (AvgIpc) is 2.35. The molecule has 0 aliphatic heterocycles. The van der Waals surface area contributed by atoms with Gasteiger partial charge in [0.25, 0.3) is 0 Å². The molecule has 0 fully saturated rings. The minimum atomic E-state index is -0.133. The fourth-order valence-electron chi connectivity index (χ4n) is 1.78. The van der Waals surface area contributed by atoms with Crippen molar-refractivity contribution in [2.75, 3.05) is 0 Å². The van der Waals surface area contributed by atoms with E-state index in [2.05, 4.69) is 0 Å². The second kappa shape index (κ2) is 2.56. The Morgan fingerprint density at radius 2 is 2.25 bits per heavy atom. The first-order valence-corrected chi connectivity index (χ1v) is 4.23. The van der Waals surface area contributed by atoms with Crippen molar-refractivity contribution in [3.05, 3.63) is 34.6 Å². The summed E-state index contributed by atoms with van der Waals surface area (Å²) in [5, 5.41) is 0. The van der Waals surface area contributed by atoms with E-state index in [9.17, 15) is 4.39 Å². The molecule has 1 nitrogen and oxygen atoms in total. The third-order valence-corrected chi connectivity index (χ3v) is 2.54. The van der Waals surface area contributed by atoms with Crippen molar-refractivity contribution >= 4 is 0 Å². The number of halogens is 1. The molecule has 1 unspecified atom stereocenters. The van der Waals surface area contributed by atoms with Crippen molar-refractivity contribution in [1.29, 1.82) is 0 Å². The van der Waals surface area contributed by atoms with Crippen LogP contribution in [0, 0.1) is 12.7 Å². The molecule has 0 heterocycles. The van der Waals surface area contributed by atoms with Crippen molar-refractivity contribution in [3.8, 4) is 0 Å². The van der Waals surface area contributed by atoms with Crippen LogP contribution < -0.4 is 5.73 Å². The highest BCUT2D eigenvalue weighted by atomic mass is 19.1. The van der Waals surface area contributed by atoms with Crippen molar-refractivity contribution in [1.82, 2.24) is 0 Å². The zero-order valence-corrected chi connectivity index (χ0v) is 7.10. The summed E-state index contributed by atoms with van der Waals surface area (Å²) in [6.45, 7) is 1.79. The van der Waals surface area contributed by atoms with Gasteiger partial charge in [-0.25, -0.2) is 4.39 Å². The number of rotatable bonds is 0. The van der Waals surface area contributed by atoms with E-state index in [1.807, 2.05) is 6.07 Å². The third kappa shape index (κ3) is 1.03. The Balaban J connectivity index is 2.56. The predicted octanol–water partition coefficient (Wildman–Crippen LogP) is 2.08. The monoisotopic (exact) mass is 165 g/mol. The molecule has 0 spiro atoms. The standard InChI is InChI=1S/C10H12FN/c1-6-4-7-2-3-10(12)8(7)5-9(6)11/h4-5,10H,2-3,12H2,1H3. The molecule has 0 amide bonds. The van der Waals surface area contributed by atoms with Crippen molar-refractivity contribution < 1.29 is 4.39 Å². The van der Waals surface area contributed by atoms with Gasteiger partial charge in [-0.2, -0.15) is 0 Å². The van der Waals surface area contributed by atoms with E-state index < -0.39 is 0 Å². The van der Waals surface area contributed by atoms with E-state index in [4.69, 9.17) is 5.73 Å². The summed E-state index contributed by atoms with van der Waals surface area (Å²) in [5.41, 5.74) is 8.75. The largest absolute Gasteiger partial charge is 0.324 e. The van der Waals surface area contributed by atoms with Gasteiger partial charge in [-0.05, 0) is 42.5 Å². The fourth-order valence-corrected chi connectivity index (χ4v) is 1.78. The van der Waals surface area contributed by atoms with Crippen LogP contribution in [-0.4, -0.2) is 0 Å². The lowest BCUT2D eigenvalue weighted by molar-refractivity contribution is 0.613. The summed E-state index contributed by atoms with van der Waals surface area (Å²) in [5.74, 6) is -0.133. The smallest absolute Gasteiger partial charge is 0.126 e. The van der Waals surface area contributed by atoms with E-state index in [-0.39, 0.29) is 11.9 Å². The zero-order valence-electron chi connectivity index (χ0n) is 7.10. The van der Waals surface area contributed by atoms with Crippen LogP contribution in [0.3, 0.4) is 0 Å². The number of fused-ring (bicyclic) bond motifs is 1. The van der Waals surface area contributed by atoms with E-state index in [1.54, 1.807) is 13.0 Å². The van der Waals surface area contributed by atoms with Crippen LogP contribution in [0.25, 0.3) is 0 Å². The van der Waals surface area contributed by atoms with Crippen molar-refractivity contribution in [3.63, 3.8) is 0 Å². The predicted molar refractivity (Wildman–Crippen MR) is 46.4 cm³/mol. The molecular weight excluding hydrogens is 153 g/mol. The van der Waals surface area contributed by atoms with Gasteiger partial charge < -0.3 is 5.73 Å². The lowest BCUT2D eigenvalue weighted by Gasteiger charge is -2.05. The zero-order chi connectivity index (χ0) is 8.72. The van der Waals surface area contributed by atoms with Crippen LogP contribution in [0.4, 0.5) is 4.39 Å². The van der Waals surface area contributed by atoms with Gasteiger partial charge in [-0.15, -0.1) is 0 Å². The number of aryl methyl sites for hydroxylation is 2. The fraction of sp³-hybridized carbons (Fsp3) is 0.400. The second-order valence-electron chi connectivity index (χ2n) is 3.45. The average molecular weight is 165 g/mol. The molecule has 2 N–H and O–H groups in total. The molecular formula is C10H12FN. The van der Waals surface area contributed by atoms with Crippen LogP contribution in [0.2, 0.25) is 0 Å². The summed E-state index contributed by atoms with van der Waals surface area (Å²) < 4.78 is 13.1. The highest BCUT2D eigenvalue weighted by molar-refractivity contribution is 5.38. The minimum absolute atomic E-state index is 0.0510. The first kappa shape index (κ1) is 7.74. The summed E-state index contributed by atoms with van der Waals surface area (Å²) in [6.07, 6.45) is 1.95. The molecule has 2 heteroatoms. The molecule has 1 aliphatic carbocycles. The second-order valence-corrected chi connectivity index (χ2v) is 3.45. The van der Waals surface area contributed by atoms with E-state index in [1.165, 1.54) is 5.56 Å². The van der Waals surface area contributed by atoms with Gasteiger partial charge in [-0.3, -0.25) is 0 Å². The third-order valence-electron chi connectivity index (χ3n) is 2.54. The molecule has 1 atom stereocenters. The maximum absolute atomic E-state index is 13.1. The highest BCUT2D eigenvalue weighted by Gasteiger charge is 2.19. The quantitative estimate of drug-likeness (QED) is 0.625. The van der Waals surface area contributed by atoms with E-state index >= 15 is 0 Å². The Morgan fingerprint density at radius 1 is 1.50 bits per heavy atom. The first-order valence-electron chi connectivity index (χ1n) is 4.23. The van der Waals surface area contributed by atoms with Crippen LogP contribution >= 0.6 is 0 Å². The molecule has 0 saturated heterocycles. The Hall–Kier alpha value is -0.890. The SMILES string of the molecule is Cc1cc2c(cc1F)C(N)CC2. The van der Waals surface area contributed by atoms with Gasteiger partial charge in [-0.1, -0.05) is 6.07 Å². The normalized spacial score (nSPS) is 21.1. The topological polar surface area (TPSA) is 26.0 Å². The van der Waals surface area contributed by atoms with Gasteiger partial charge in [0.1, 0.15) is 5.82 Å². The molecule has 1 aromatic rings. The number of hydrogen-bond acceptors (Lipinski definition) is 1. The van der Waals surface area contributed by atoms with Crippen molar-refractivity contribution in [2.24, 2.45) is 5.73 Å². The molecule has 1 aromatic carbocycles. The van der Waals surface area contributed by atoms with Crippen LogP contribution in [-0.2, 0) is 6.42 Å². The minimum Gasteiger partial charge on any atom is -0.324 e. The lowest BCUT2D eigenvalue weighted by Crippen LogP contribution is -2.05.